The highest BCUT2D eigenvalue weighted by atomic mass is 32.9. The Bertz CT molecular complexity index is 259. The average Bonchev–Trinajstić information content (AvgIpc) is 2.09. The van der Waals surface area contributed by atoms with E-state index in [1.165, 1.54) is 0 Å². The van der Waals surface area contributed by atoms with Crippen LogP contribution in [0.25, 0.3) is 0 Å². The van der Waals surface area contributed by atoms with Crippen molar-refractivity contribution in [3.05, 3.63) is 0 Å². The molecule has 16 heavy (non-hydrogen) atoms. The topological polar surface area (TPSA) is 137 Å². The second kappa shape index (κ2) is 13.1. The van der Waals surface area contributed by atoms with Crippen LogP contribution in [0.1, 0.15) is 6.42 Å². The predicted octanol–water partition coefficient (Wildman–Crippen LogP) is -0.836. The van der Waals surface area contributed by atoms with E-state index in [1.807, 2.05) is 0 Å². The van der Waals surface area contributed by atoms with E-state index in [-0.39, 0.29) is 5.48 Å². The molecule has 0 aliphatic rings. The summed E-state index contributed by atoms with van der Waals surface area (Å²) in [5, 5.41) is 0. The standard InChI is InChI=1S/C6H14N2OS.H2O3S2.H2O/c1-9-4-2-3-8-6(7)5-10;1-5(2,3)4;/h10H,2-5H2,1H3,(H2,7,8);(H2,1,2,3,4);1H2. The van der Waals surface area contributed by atoms with Gasteiger partial charge in [0.15, 0.2) is 0 Å². The first-order valence-corrected chi connectivity index (χ1v) is 6.92. The molecule has 0 saturated carbocycles. The first-order chi connectivity index (χ1) is 6.81. The summed E-state index contributed by atoms with van der Waals surface area (Å²) in [6, 6.07) is 0. The van der Waals surface area contributed by atoms with Gasteiger partial charge in [0.25, 0.3) is 9.05 Å². The molecule has 0 radical (unpaired) electrons. The van der Waals surface area contributed by atoms with Gasteiger partial charge in [-0.25, -0.2) is 0 Å². The normalized spacial score (nSPS) is 11.1. The fourth-order valence-electron chi connectivity index (χ4n) is 0.482. The molecular weight excluding hydrogens is 276 g/mol. The number of amidine groups is 1. The Morgan fingerprint density at radius 3 is 2.38 bits per heavy atom. The lowest BCUT2D eigenvalue weighted by atomic mass is 10.4. The first-order valence-electron chi connectivity index (χ1n) is 3.89. The summed E-state index contributed by atoms with van der Waals surface area (Å²) in [7, 11) is -2.16. The molecule has 0 spiro atoms. The van der Waals surface area contributed by atoms with Crippen LogP contribution in [-0.2, 0) is 25.0 Å². The van der Waals surface area contributed by atoms with Crippen molar-refractivity contribution in [3.8, 4) is 0 Å². The van der Waals surface area contributed by atoms with Gasteiger partial charge in [-0.05, 0) is 6.42 Å². The van der Waals surface area contributed by atoms with Crippen LogP contribution in [-0.4, -0.2) is 50.6 Å². The van der Waals surface area contributed by atoms with Crippen molar-refractivity contribution in [1.29, 1.82) is 0 Å². The Balaban J connectivity index is -0.000000242. The summed E-state index contributed by atoms with van der Waals surface area (Å²) < 4.78 is 28.8. The van der Waals surface area contributed by atoms with Crippen molar-refractivity contribution in [2.75, 3.05) is 26.0 Å². The van der Waals surface area contributed by atoms with Gasteiger partial charge >= 0.3 is 0 Å². The van der Waals surface area contributed by atoms with E-state index in [2.05, 4.69) is 28.8 Å². The van der Waals surface area contributed by atoms with Crippen LogP contribution in [0.15, 0.2) is 4.99 Å². The van der Waals surface area contributed by atoms with Gasteiger partial charge in [-0.15, -0.1) is 0 Å². The molecule has 0 aliphatic carbocycles. The highest BCUT2D eigenvalue weighted by molar-refractivity contribution is 8.26. The first kappa shape index (κ1) is 21.3. The van der Waals surface area contributed by atoms with Crippen LogP contribution in [0.4, 0.5) is 0 Å². The fourth-order valence-corrected chi connectivity index (χ4v) is 0.582. The minimum atomic E-state index is -3.83. The zero-order valence-electron chi connectivity index (χ0n) is 8.83. The molecule has 0 saturated heterocycles. The monoisotopic (exact) mass is 294 g/mol. The number of nitrogens with two attached hydrogens (primary N) is 1. The van der Waals surface area contributed by atoms with E-state index in [9.17, 15) is 0 Å². The molecule has 0 unspecified atom stereocenters. The quantitative estimate of drug-likeness (QED) is 0.226. The Kier molecular flexibility index (Phi) is 17.5. The maximum absolute atomic E-state index is 9.11. The molecular formula is C6H18N2O5S3. The zero-order valence-corrected chi connectivity index (χ0v) is 11.4. The number of hydrogen-bond acceptors (Lipinski definition) is 5. The van der Waals surface area contributed by atoms with Gasteiger partial charge in [0, 0.05) is 37.2 Å². The summed E-state index contributed by atoms with van der Waals surface area (Å²) in [4.78, 5) is 4.02. The van der Waals surface area contributed by atoms with Gasteiger partial charge in [0.2, 0.25) is 0 Å². The minimum Gasteiger partial charge on any atom is -0.412 e. The van der Waals surface area contributed by atoms with Gasteiger partial charge in [-0.1, -0.05) is 0 Å². The van der Waals surface area contributed by atoms with Gasteiger partial charge in [0.05, 0.1) is 0 Å². The van der Waals surface area contributed by atoms with E-state index in [1.54, 1.807) is 7.11 Å². The molecule has 0 fully saturated rings. The third-order valence-electron chi connectivity index (χ3n) is 0.983. The Morgan fingerprint density at radius 1 is 1.62 bits per heavy atom. The third-order valence-corrected chi connectivity index (χ3v) is 1.31. The van der Waals surface area contributed by atoms with Crippen LogP contribution < -0.4 is 5.73 Å². The fraction of sp³-hybridized carbons (Fsp3) is 0.833. The van der Waals surface area contributed by atoms with Crippen molar-refractivity contribution in [2.45, 2.75) is 6.42 Å². The Hall–Kier alpha value is 0.0300. The number of thiol groups is 1. The lowest BCUT2D eigenvalue weighted by Crippen LogP contribution is -2.14. The zero-order chi connectivity index (χ0) is 12.3. The summed E-state index contributed by atoms with van der Waals surface area (Å²) in [6.45, 7) is 1.48. The predicted molar refractivity (Wildman–Crippen MR) is 71.2 cm³/mol. The maximum Gasteiger partial charge on any atom is 0.263 e. The summed E-state index contributed by atoms with van der Waals surface area (Å²) >= 11 is 7.42. The van der Waals surface area contributed by atoms with E-state index in [0.29, 0.717) is 11.6 Å². The molecule has 7 nitrogen and oxygen atoms in total. The molecule has 0 rings (SSSR count). The van der Waals surface area contributed by atoms with Crippen molar-refractivity contribution >= 4 is 38.7 Å². The van der Waals surface area contributed by atoms with E-state index in [4.69, 9.17) is 23.8 Å². The van der Waals surface area contributed by atoms with Crippen LogP contribution in [0.2, 0.25) is 0 Å². The molecule has 100 valence electrons. The van der Waals surface area contributed by atoms with Crippen LogP contribution in [0.5, 0.6) is 0 Å². The van der Waals surface area contributed by atoms with Crippen molar-refractivity contribution in [2.24, 2.45) is 10.7 Å². The number of ether oxygens (including phenoxy) is 1. The van der Waals surface area contributed by atoms with Gasteiger partial charge in [-0.3, -0.25) is 14.1 Å². The average molecular weight is 294 g/mol. The lowest BCUT2D eigenvalue weighted by Gasteiger charge is -1.95. The van der Waals surface area contributed by atoms with Crippen molar-refractivity contribution < 1.29 is 23.5 Å². The molecule has 0 aromatic rings. The molecule has 0 aromatic carbocycles. The maximum atomic E-state index is 9.11. The van der Waals surface area contributed by atoms with Crippen LogP contribution >= 0.6 is 12.6 Å². The van der Waals surface area contributed by atoms with Gasteiger partial charge < -0.3 is 15.9 Å². The third kappa shape index (κ3) is 36.9. The minimum absolute atomic E-state index is 0. The van der Waals surface area contributed by atoms with Crippen molar-refractivity contribution in [3.63, 3.8) is 0 Å². The Labute approximate surface area is 106 Å². The molecule has 0 heterocycles. The van der Waals surface area contributed by atoms with Crippen LogP contribution in [0, 0.1) is 0 Å². The molecule has 0 aliphatic heterocycles. The second-order valence-corrected chi connectivity index (χ2v) is 4.84. The molecule has 0 aromatic heterocycles. The summed E-state index contributed by atoms with van der Waals surface area (Å²) in [5.41, 5.74) is 5.39. The van der Waals surface area contributed by atoms with Crippen molar-refractivity contribution in [1.82, 2.24) is 0 Å². The van der Waals surface area contributed by atoms with E-state index >= 15 is 0 Å². The van der Waals surface area contributed by atoms with Crippen LogP contribution in [0.3, 0.4) is 0 Å². The van der Waals surface area contributed by atoms with Gasteiger partial charge in [0.1, 0.15) is 5.84 Å². The molecule has 0 atom stereocenters. The number of aliphatic imine (C=N–C) groups is 1. The number of hydrogen-bond donors (Lipinski definition) is 4. The molecule has 0 amide bonds. The van der Waals surface area contributed by atoms with E-state index in [0.717, 1.165) is 19.6 Å². The van der Waals surface area contributed by atoms with Gasteiger partial charge in [-0.2, -0.15) is 16.8 Å². The smallest absolute Gasteiger partial charge is 0.263 e. The largest absolute Gasteiger partial charge is 0.412 e. The second-order valence-electron chi connectivity index (χ2n) is 2.33. The number of nitrogens with zero attached hydrogens (tertiary/aromatic N) is 1. The lowest BCUT2D eigenvalue weighted by molar-refractivity contribution is 0.197. The number of rotatable bonds is 5. The molecule has 0 bridgehead atoms. The molecule has 6 N–H and O–H groups in total. The SMILES string of the molecule is COCCCN=C(N)CS.O.O=S(O)(O)=S. The molecule has 10 heteroatoms. The number of methoxy groups -OCH3 is 1. The Morgan fingerprint density at radius 2 is 2.06 bits per heavy atom. The highest BCUT2D eigenvalue weighted by Gasteiger charge is 1.86. The summed E-state index contributed by atoms with van der Waals surface area (Å²) in [6.07, 6.45) is 0.922. The highest BCUT2D eigenvalue weighted by Crippen LogP contribution is 1.83. The summed E-state index contributed by atoms with van der Waals surface area (Å²) in [5.74, 6) is 1.13. The van der Waals surface area contributed by atoms with E-state index < -0.39 is 9.05 Å².